The molecule has 1 N–H and O–H groups in total. The molecule has 2 aliphatic heterocycles. The van der Waals surface area contributed by atoms with Crippen LogP contribution in [0.1, 0.15) is 20.8 Å². The second-order valence-electron chi connectivity index (χ2n) is 5.16. The van der Waals surface area contributed by atoms with E-state index in [1.807, 2.05) is 24.8 Å². The number of azo groups is 1. The molecule has 6 nitrogen and oxygen atoms in total. The quantitative estimate of drug-likeness (QED) is 0.596. The largest absolute Gasteiger partial charge is 0.372 e. The zero-order chi connectivity index (χ0) is 15.4. The first kappa shape index (κ1) is 15.8. The number of allylic oxidation sites excluding steroid dienone is 4. The van der Waals surface area contributed by atoms with Crippen molar-refractivity contribution >= 4 is 17.3 Å². The Morgan fingerprint density at radius 2 is 1.95 bits per heavy atom. The molecule has 2 heterocycles. The van der Waals surface area contributed by atoms with Crippen molar-refractivity contribution in [3.05, 3.63) is 35.8 Å². The van der Waals surface area contributed by atoms with E-state index in [9.17, 15) is 5.21 Å². The summed E-state index contributed by atoms with van der Waals surface area (Å²) >= 11 is 5.31. The molecule has 7 heteroatoms. The Balaban J connectivity index is 2.03. The number of ether oxygens (including phenoxy) is 1. The highest BCUT2D eigenvalue weighted by Gasteiger charge is 2.23. The van der Waals surface area contributed by atoms with Crippen LogP contribution >= 0.6 is 12.2 Å². The molecule has 0 radical (unpaired) electrons. The molecule has 1 fully saturated rings. The lowest BCUT2D eigenvalue weighted by molar-refractivity contribution is -0.0477. The van der Waals surface area contributed by atoms with Crippen molar-refractivity contribution in [2.24, 2.45) is 10.2 Å². The van der Waals surface area contributed by atoms with E-state index in [-0.39, 0.29) is 12.2 Å². The van der Waals surface area contributed by atoms with E-state index in [1.165, 1.54) is 6.20 Å². The van der Waals surface area contributed by atoms with Gasteiger partial charge in [-0.3, -0.25) is 5.21 Å². The van der Waals surface area contributed by atoms with Crippen LogP contribution in [0.5, 0.6) is 0 Å². The van der Waals surface area contributed by atoms with Crippen molar-refractivity contribution in [2.45, 2.75) is 33.0 Å². The van der Waals surface area contributed by atoms with Gasteiger partial charge in [0, 0.05) is 19.3 Å². The van der Waals surface area contributed by atoms with Gasteiger partial charge in [0.15, 0.2) is 0 Å². The van der Waals surface area contributed by atoms with Gasteiger partial charge in [-0.2, -0.15) is 5.11 Å². The molecule has 0 bridgehead atoms. The van der Waals surface area contributed by atoms with Gasteiger partial charge in [0.05, 0.1) is 23.6 Å². The van der Waals surface area contributed by atoms with Crippen LogP contribution in [0.15, 0.2) is 46.1 Å². The number of hydrogen-bond donors (Lipinski definition) is 1. The van der Waals surface area contributed by atoms with Crippen LogP contribution in [-0.4, -0.2) is 45.6 Å². The second-order valence-corrected chi connectivity index (χ2v) is 5.53. The van der Waals surface area contributed by atoms with Gasteiger partial charge in [0.1, 0.15) is 0 Å². The Hall–Kier alpha value is -1.57. The molecule has 2 atom stereocenters. The zero-order valence-corrected chi connectivity index (χ0v) is 13.2. The normalized spacial score (nSPS) is 28.4. The smallest absolute Gasteiger partial charge is 0.216 e. The summed E-state index contributed by atoms with van der Waals surface area (Å²) in [4.78, 5) is 1.99. The summed E-state index contributed by atoms with van der Waals surface area (Å²) < 4.78 is 5.66. The van der Waals surface area contributed by atoms with Gasteiger partial charge < -0.3 is 9.64 Å². The van der Waals surface area contributed by atoms with E-state index >= 15 is 0 Å². The summed E-state index contributed by atoms with van der Waals surface area (Å²) in [6.45, 7) is 7.23. The molecule has 0 amide bonds. The molecule has 0 aromatic heterocycles. The fourth-order valence-electron chi connectivity index (χ4n) is 2.29. The summed E-state index contributed by atoms with van der Waals surface area (Å²) in [7, 11) is 0. The lowest BCUT2D eigenvalue weighted by Crippen LogP contribution is -2.47. The number of hydrogen-bond acceptors (Lipinski definition) is 5. The fraction of sp³-hybridized carbons (Fsp3) is 0.500. The molecule has 21 heavy (non-hydrogen) atoms. The molecule has 2 aliphatic rings. The van der Waals surface area contributed by atoms with E-state index < -0.39 is 0 Å². The van der Waals surface area contributed by atoms with Crippen LogP contribution in [0.4, 0.5) is 0 Å². The number of morpholine rings is 1. The van der Waals surface area contributed by atoms with Crippen LogP contribution < -0.4 is 0 Å². The van der Waals surface area contributed by atoms with Crippen molar-refractivity contribution in [3.8, 4) is 0 Å². The average molecular weight is 308 g/mol. The molecule has 0 aromatic rings. The molecule has 1 saturated heterocycles. The third-order valence-electron chi connectivity index (χ3n) is 3.19. The third kappa shape index (κ3) is 4.20. The molecule has 114 valence electrons. The maximum absolute atomic E-state index is 9.70. The maximum atomic E-state index is 9.70. The minimum Gasteiger partial charge on any atom is -0.372 e. The van der Waals surface area contributed by atoms with Crippen LogP contribution in [-0.2, 0) is 4.74 Å². The maximum Gasteiger partial charge on any atom is 0.216 e. The van der Waals surface area contributed by atoms with E-state index in [4.69, 9.17) is 17.0 Å². The SMILES string of the molecule is CC(N=NC(=S)N1C[C@@H](C)O[C@@H](C)C1)=C1C=CC=CN1O. The molecule has 0 aliphatic carbocycles. The Morgan fingerprint density at radius 1 is 1.29 bits per heavy atom. The van der Waals surface area contributed by atoms with Crippen molar-refractivity contribution in [3.63, 3.8) is 0 Å². The van der Waals surface area contributed by atoms with E-state index in [2.05, 4.69) is 10.2 Å². The first-order chi connectivity index (χ1) is 9.97. The lowest BCUT2D eigenvalue weighted by atomic mass is 10.2. The number of nitrogens with zero attached hydrogens (tertiary/aromatic N) is 4. The predicted molar refractivity (Wildman–Crippen MR) is 83.6 cm³/mol. The van der Waals surface area contributed by atoms with Gasteiger partial charge in [-0.15, -0.1) is 5.11 Å². The standard InChI is InChI=1S/C14H20N4O2S/c1-10-8-17(9-11(2)20-10)14(21)16-15-12(3)13-6-4-5-7-18(13)19/h4-7,10-11,19H,8-9H2,1-3H3/t10-,11+. The van der Waals surface area contributed by atoms with E-state index in [0.717, 1.165) is 5.06 Å². The van der Waals surface area contributed by atoms with Gasteiger partial charge in [0.2, 0.25) is 5.11 Å². The van der Waals surface area contributed by atoms with Crippen LogP contribution in [0, 0.1) is 0 Å². The van der Waals surface area contributed by atoms with Gasteiger partial charge >= 0.3 is 0 Å². The number of hydroxylamine groups is 2. The van der Waals surface area contributed by atoms with Crippen molar-refractivity contribution in [1.29, 1.82) is 0 Å². The Bertz CT molecular complexity index is 517. The molecule has 0 spiro atoms. The summed E-state index contributed by atoms with van der Waals surface area (Å²) in [5.74, 6) is 0. The van der Waals surface area contributed by atoms with Gasteiger partial charge in [-0.1, -0.05) is 6.08 Å². The number of rotatable bonds is 1. The highest BCUT2D eigenvalue weighted by Crippen LogP contribution is 2.17. The van der Waals surface area contributed by atoms with Gasteiger partial charge in [-0.05, 0) is 45.1 Å². The first-order valence-electron chi connectivity index (χ1n) is 6.87. The molecule has 0 unspecified atom stereocenters. The Kier molecular flexibility index (Phi) is 5.22. The van der Waals surface area contributed by atoms with Gasteiger partial charge in [0.25, 0.3) is 0 Å². The van der Waals surface area contributed by atoms with Crippen LogP contribution in [0.25, 0.3) is 0 Å². The Morgan fingerprint density at radius 3 is 2.57 bits per heavy atom. The van der Waals surface area contributed by atoms with Crippen molar-refractivity contribution in [1.82, 2.24) is 9.96 Å². The van der Waals surface area contributed by atoms with Crippen LogP contribution in [0.2, 0.25) is 0 Å². The molecular weight excluding hydrogens is 288 g/mol. The second kappa shape index (κ2) is 6.93. The summed E-state index contributed by atoms with van der Waals surface area (Å²) in [5.41, 5.74) is 1.17. The predicted octanol–water partition coefficient (Wildman–Crippen LogP) is 2.84. The minimum absolute atomic E-state index is 0.126. The topological polar surface area (TPSA) is 60.7 Å². The first-order valence-corrected chi connectivity index (χ1v) is 7.28. The molecule has 0 saturated carbocycles. The summed E-state index contributed by atoms with van der Waals surface area (Å²) in [5, 5.41) is 19.4. The molecular formula is C14H20N4O2S. The van der Waals surface area contributed by atoms with Gasteiger partial charge in [-0.25, -0.2) is 5.06 Å². The van der Waals surface area contributed by atoms with E-state index in [1.54, 1.807) is 19.1 Å². The minimum atomic E-state index is 0.126. The van der Waals surface area contributed by atoms with Crippen LogP contribution in [0.3, 0.4) is 0 Å². The molecule has 2 rings (SSSR count). The number of thiocarbonyl (C=S) groups is 1. The van der Waals surface area contributed by atoms with Crippen molar-refractivity contribution in [2.75, 3.05) is 13.1 Å². The summed E-state index contributed by atoms with van der Waals surface area (Å²) in [6, 6.07) is 0. The average Bonchev–Trinajstić information content (AvgIpc) is 2.43. The van der Waals surface area contributed by atoms with E-state index in [0.29, 0.717) is 29.6 Å². The summed E-state index contributed by atoms with van der Waals surface area (Å²) in [6.07, 6.45) is 7.11. The third-order valence-corrected chi connectivity index (χ3v) is 3.53. The monoisotopic (exact) mass is 308 g/mol. The Labute approximate surface area is 130 Å². The highest BCUT2D eigenvalue weighted by molar-refractivity contribution is 7.80. The fourth-order valence-corrected chi connectivity index (χ4v) is 2.48. The van der Waals surface area contributed by atoms with Crippen molar-refractivity contribution < 1.29 is 9.94 Å². The highest BCUT2D eigenvalue weighted by atomic mass is 32.1. The molecule has 0 aromatic carbocycles. The lowest BCUT2D eigenvalue weighted by Gasteiger charge is -2.35. The zero-order valence-electron chi connectivity index (χ0n) is 12.4.